The summed E-state index contributed by atoms with van der Waals surface area (Å²) in [4.78, 5) is 9.72. The molecule has 3 aromatic rings. The maximum absolute atomic E-state index is 12.4. The number of benzene rings is 2. The molecule has 190 valence electrons. The van der Waals surface area contributed by atoms with Crippen molar-refractivity contribution < 1.29 is 27.6 Å². The monoisotopic (exact) mass is 499 g/mol. The van der Waals surface area contributed by atoms with Crippen molar-refractivity contribution in [2.24, 2.45) is 0 Å². The Morgan fingerprint density at radius 2 is 1.75 bits per heavy atom. The van der Waals surface area contributed by atoms with Crippen LogP contribution in [0.25, 0.3) is 10.9 Å². The minimum atomic E-state index is -4.72. The Balaban J connectivity index is 1.27. The van der Waals surface area contributed by atoms with E-state index >= 15 is 0 Å². The average Bonchev–Trinajstić information content (AvgIpc) is 3.33. The molecule has 0 bridgehead atoms. The van der Waals surface area contributed by atoms with Crippen LogP contribution in [0.5, 0.6) is 5.75 Å². The Hall–Kier alpha value is -3.36. The first-order chi connectivity index (χ1) is 17.3. The fourth-order valence-electron chi connectivity index (χ4n) is 5.25. The highest BCUT2D eigenvalue weighted by atomic mass is 19.4. The molecule has 1 saturated carbocycles. The van der Waals surface area contributed by atoms with E-state index in [1.165, 1.54) is 43.5 Å². The molecule has 2 fully saturated rings. The Morgan fingerprint density at radius 1 is 1.00 bits per heavy atom. The van der Waals surface area contributed by atoms with Gasteiger partial charge in [-0.05, 0) is 36.6 Å². The van der Waals surface area contributed by atoms with E-state index in [4.69, 9.17) is 9.97 Å². The molecule has 2 N–H and O–H groups in total. The number of aliphatic hydroxyl groups excluding tert-OH is 1. The van der Waals surface area contributed by atoms with Gasteiger partial charge in [-0.1, -0.05) is 49.6 Å². The SMILES string of the molecule is OC(Cc1ccc(OC(F)(F)F)cc1)=[N+]1CC[C@H](Nc2nc(C3CCCCC3)c3ccccc3n2)C1. The molecule has 2 aliphatic rings. The molecule has 9 heteroatoms. The number of anilines is 1. The van der Waals surface area contributed by atoms with Gasteiger partial charge in [-0.2, -0.15) is 0 Å². The lowest BCUT2D eigenvalue weighted by Crippen LogP contribution is -2.26. The van der Waals surface area contributed by atoms with Crippen LogP contribution < -0.4 is 10.1 Å². The maximum atomic E-state index is 12.4. The Morgan fingerprint density at radius 3 is 2.50 bits per heavy atom. The normalized spacial score (nSPS) is 20.5. The molecule has 1 aliphatic heterocycles. The number of nitrogens with one attached hydrogen (secondary N) is 1. The first kappa shape index (κ1) is 24.3. The number of ether oxygens (including phenoxy) is 1. The van der Waals surface area contributed by atoms with Gasteiger partial charge in [0, 0.05) is 17.7 Å². The fraction of sp³-hybridized carbons (Fsp3) is 0.444. The number of alkyl halides is 3. The summed E-state index contributed by atoms with van der Waals surface area (Å²) in [6, 6.07) is 13.8. The van der Waals surface area contributed by atoms with Crippen LogP contribution in [0.4, 0.5) is 19.1 Å². The van der Waals surface area contributed by atoms with E-state index in [1.807, 2.05) is 22.8 Å². The second-order valence-electron chi connectivity index (χ2n) is 9.65. The van der Waals surface area contributed by atoms with Gasteiger partial charge in [0.1, 0.15) is 12.3 Å². The van der Waals surface area contributed by atoms with Crippen molar-refractivity contribution in [1.29, 1.82) is 0 Å². The van der Waals surface area contributed by atoms with Crippen molar-refractivity contribution in [3.05, 3.63) is 59.8 Å². The lowest BCUT2D eigenvalue weighted by atomic mass is 9.85. The summed E-state index contributed by atoms with van der Waals surface area (Å²) in [5, 5.41) is 15.3. The zero-order chi connectivity index (χ0) is 25.1. The summed E-state index contributed by atoms with van der Waals surface area (Å²) in [6.45, 7) is 1.26. The lowest BCUT2D eigenvalue weighted by molar-refractivity contribution is -0.515. The first-order valence-electron chi connectivity index (χ1n) is 12.5. The molecular formula is C27H30F3N4O2+. The van der Waals surface area contributed by atoms with Crippen LogP contribution in [0.1, 0.15) is 55.7 Å². The van der Waals surface area contributed by atoms with E-state index in [2.05, 4.69) is 16.1 Å². The number of aliphatic hydroxyl groups is 1. The molecule has 2 heterocycles. The predicted octanol–water partition coefficient (Wildman–Crippen LogP) is 5.97. The summed E-state index contributed by atoms with van der Waals surface area (Å²) in [7, 11) is 0. The third-order valence-corrected chi connectivity index (χ3v) is 7.03. The summed E-state index contributed by atoms with van der Waals surface area (Å²) in [6.07, 6.45) is 2.39. The standard InChI is InChI=1S/C27H29F3N4O2/c28-27(29,30)36-21-12-10-18(11-13-21)16-24(35)34-15-14-20(17-34)31-26-32-23-9-5-4-8-22(23)25(33-26)19-6-2-1-3-7-19/h4-5,8-13,19-20H,1-3,6-7,14-17H2,(H,31,32,33)/p+1/t20-/m0/s1. The van der Waals surface area contributed by atoms with Gasteiger partial charge >= 0.3 is 12.3 Å². The fourth-order valence-corrected chi connectivity index (χ4v) is 5.25. The van der Waals surface area contributed by atoms with Crippen molar-refractivity contribution in [1.82, 2.24) is 9.97 Å². The average molecular weight is 500 g/mol. The van der Waals surface area contributed by atoms with Crippen LogP contribution in [0.15, 0.2) is 48.5 Å². The van der Waals surface area contributed by atoms with E-state index < -0.39 is 6.36 Å². The van der Waals surface area contributed by atoms with Crippen LogP contribution in [-0.2, 0) is 6.42 Å². The van der Waals surface area contributed by atoms with Gasteiger partial charge in [0.25, 0.3) is 0 Å². The topological polar surface area (TPSA) is 70.3 Å². The highest BCUT2D eigenvalue weighted by Gasteiger charge is 2.32. The van der Waals surface area contributed by atoms with Crippen molar-refractivity contribution in [2.75, 3.05) is 18.4 Å². The number of aromatic nitrogens is 2. The molecule has 6 nitrogen and oxygen atoms in total. The molecule has 1 aromatic heterocycles. The number of fused-ring (bicyclic) bond motifs is 1. The van der Waals surface area contributed by atoms with Crippen molar-refractivity contribution in [3.8, 4) is 5.75 Å². The maximum Gasteiger partial charge on any atom is 0.573 e. The van der Waals surface area contributed by atoms with E-state index in [1.54, 1.807) is 0 Å². The number of nitrogens with zero attached hydrogens (tertiary/aromatic N) is 3. The zero-order valence-electron chi connectivity index (χ0n) is 20.0. The highest BCUT2D eigenvalue weighted by Crippen LogP contribution is 2.35. The molecule has 1 atom stereocenters. The number of rotatable bonds is 6. The molecule has 0 spiro atoms. The van der Waals surface area contributed by atoms with Crippen LogP contribution in [0, 0.1) is 0 Å². The van der Waals surface area contributed by atoms with Crippen molar-refractivity contribution in [2.45, 2.75) is 63.3 Å². The summed E-state index contributed by atoms with van der Waals surface area (Å²) in [5.74, 6) is 0.990. The third kappa shape index (κ3) is 5.88. The van der Waals surface area contributed by atoms with Gasteiger partial charge in [-0.3, -0.25) is 0 Å². The molecule has 0 radical (unpaired) electrons. The van der Waals surface area contributed by atoms with Crippen LogP contribution in [0.3, 0.4) is 0 Å². The van der Waals surface area contributed by atoms with Gasteiger partial charge < -0.3 is 15.2 Å². The summed E-state index contributed by atoms with van der Waals surface area (Å²) < 4.78 is 42.9. The highest BCUT2D eigenvalue weighted by molar-refractivity contribution is 5.82. The van der Waals surface area contributed by atoms with Gasteiger partial charge in [0.05, 0.1) is 23.7 Å². The van der Waals surface area contributed by atoms with Crippen LogP contribution in [0.2, 0.25) is 0 Å². The Labute approximate surface area is 207 Å². The second kappa shape index (κ2) is 10.3. The van der Waals surface area contributed by atoms with Gasteiger partial charge in [-0.25, -0.2) is 14.5 Å². The van der Waals surface area contributed by atoms with Gasteiger partial charge in [-0.15, -0.1) is 13.2 Å². The van der Waals surface area contributed by atoms with Gasteiger partial charge in [0.2, 0.25) is 5.95 Å². The van der Waals surface area contributed by atoms with Gasteiger partial charge in [0.15, 0.2) is 6.54 Å². The van der Waals surface area contributed by atoms with Crippen LogP contribution >= 0.6 is 0 Å². The zero-order valence-corrected chi connectivity index (χ0v) is 20.0. The third-order valence-electron chi connectivity index (χ3n) is 7.03. The lowest BCUT2D eigenvalue weighted by Gasteiger charge is -2.23. The van der Waals surface area contributed by atoms with E-state index in [9.17, 15) is 18.3 Å². The number of hydrogen-bond donors (Lipinski definition) is 2. The predicted molar refractivity (Wildman–Crippen MR) is 132 cm³/mol. The van der Waals surface area contributed by atoms with E-state index in [0.717, 1.165) is 35.9 Å². The second-order valence-corrected chi connectivity index (χ2v) is 9.65. The Kier molecular flexibility index (Phi) is 6.98. The largest absolute Gasteiger partial charge is 0.573 e. The molecule has 0 amide bonds. The molecule has 1 saturated heterocycles. The minimum Gasteiger partial charge on any atom is -0.463 e. The molecule has 2 aromatic carbocycles. The Bertz CT molecular complexity index is 1240. The number of para-hydroxylation sites is 1. The van der Waals surface area contributed by atoms with Crippen molar-refractivity contribution >= 4 is 22.7 Å². The smallest absolute Gasteiger partial charge is 0.463 e. The summed E-state index contributed by atoms with van der Waals surface area (Å²) >= 11 is 0. The molecule has 0 unspecified atom stereocenters. The minimum absolute atomic E-state index is 0.0788. The van der Waals surface area contributed by atoms with E-state index in [0.29, 0.717) is 30.5 Å². The quantitative estimate of drug-likeness (QED) is 0.323. The molecule has 36 heavy (non-hydrogen) atoms. The number of hydrogen-bond acceptors (Lipinski definition) is 4. The summed E-state index contributed by atoms with van der Waals surface area (Å²) in [5.41, 5.74) is 2.77. The molecule has 5 rings (SSSR count). The van der Waals surface area contributed by atoms with Crippen LogP contribution in [-0.4, -0.2) is 51.0 Å². The van der Waals surface area contributed by atoms with Crippen molar-refractivity contribution in [3.63, 3.8) is 0 Å². The van der Waals surface area contributed by atoms with E-state index in [-0.39, 0.29) is 24.1 Å². The molecular weight excluding hydrogens is 469 g/mol. The molecule has 1 aliphatic carbocycles. The number of halogens is 3. The first-order valence-corrected chi connectivity index (χ1v) is 12.5.